The fourth-order valence-corrected chi connectivity index (χ4v) is 1.85. The molecule has 0 aliphatic rings. The van der Waals surface area contributed by atoms with Crippen molar-refractivity contribution in [3.8, 4) is 11.4 Å². The molecule has 15 heavy (non-hydrogen) atoms. The van der Waals surface area contributed by atoms with Crippen LogP contribution in [0.4, 0.5) is 0 Å². The molecule has 3 nitrogen and oxygen atoms in total. The molecule has 0 unspecified atom stereocenters. The average molecular weight is 266 g/mol. The van der Waals surface area contributed by atoms with Gasteiger partial charge in [-0.2, -0.15) is 0 Å². The second-order valence-electron chi connectivity index (χ2n) is 3.67. The zero-order valence-electron chi connectivity index (χ0n) is 8.68. The van der Waals surface area contributed by atoms with E-state index in [4.69, 9.17) is 0 Å². The van der Waals surface area contributed by atoms with Gasteiger partial charge in [0.25, 0.3) is 0 Å². The van der Waals surface area contributed by atoms with Gasteiger partial charge in [-0.25, -0.2) is 0 Å². The summed E-state index contributed by atoms with van der Waals surface area (Å²) in [5, 5.41) is 8.09. The van der Waals surface area contributed by atoms with Gasteiger partial charge in [0.15, 0.2) is 5.82 Å². The normalized spacial score (nSPS) is 10.9. The van der Waals surface area contributed by atoms with Crippen LogP contribution < -0.4 is 0 Å². The van der Waals surface area contributed by atoms with Crippen LogP contribution >= 0.6 is 15.9 Å². The van der Waals surface area contributed by atoms with Gasteiger partial charge in [-0.15, -0.1) is 10.2 Å². The molecule has 1 aromatic carbocycles. The molecule has 0 atom stereocenters. The van der Waals surface area contributed by atoms with Gasteiger partial charge in [-0.3, -0.25) is 0 Å². The van der Waals surface area contributed by atoms with E-state index in [1.807, 2.05) is 24.3 Å². The van der Waals surface area contributed by atoms with Crippen LogP contribution in [0, 0.1) is 0 Å². The van der Waals surface area contributed by atoms with Crippen molar-refractivity contribution in [2.24, 2.45) is 0 Å². The lowest BCUT2D eigenvalue weighted by Crippen LogP contribution is -2.01. The van der Waals surface area contributed by atoms with Crippen LogP contribution in [0.3, 0.4) is 0 Å². The van der Waals surface area contributed by atoms with Crippen LogP contribution in [0.25, 0.3) is 11.4 Å². The maximum absolute atomic E-state index is 4.14. The second-order valence-corrected chi connectivity index (χ2v) is 4.58. The Hall–Kier alpha value is -1.16. The molecule has 0 amide bonds. The Balaban J connectivity index is 2.49. The molecule has 0 N–H and O–H groups in total. The highest BCUT2D eigenvalue weighted by Crippen LogP contribution is 2.22. The van der Waals surface area contributed by atoms with Gasteiger partial charge in [-0.05, 0) is 26.0 Å². The third-order valence-electron chi connectivity index (χ3n) is 2.21. The summed E-state index contributed by atoms with van der Waals surface area (Å²) in [6.07, 6.45) is 1.76. The molecule has 0 aliphatic heterocycles. The van der Waals surface area contributed by atoms with Gasteiger partial charge in [0, 0.05) is 16.1 Å². The fourth-order valence-electron chi connectivity index (χ4n) is 1.45. The van der Waals surface area contributed by atoms with E-state index in [1.54, 1.807) is 6.33 Å². The van der Waals surface area contributed by atoms with Gasteiger partial charge < -0.3 is 4.57 Å². The third kappa shape index (κ3) is 2.09. The quantitative estimate of drug-likeness (QED) is 0.835. The maximum atomic E-state index is 4.14. The Bertz CT molecular complexity index is 462. The first-order valence-electron chi connectivity index (χ1n) is 4.84. The minimum Gasteiger partial charge on any atom is -0.311 e. The topological polar surface area (TPSA) is 30.7 Å². The predicted octanol–water partition coefficient (Wildman–Crippen LogP) is 3.29. The lowest BCUT2D eigenvalue weighted by molar-refractivity contribution is 0.604. The van der Waals surface area contributed by atoms with E-state index in [9.17, 15) is 0 Å². The number of rotatable bonds is 2. The predicted molar refractivity (Wildman–Crippen MR) is 63.5 cm³/mol. The molecule has 0 saturated heterocycles. The van der Waals surface area contributed by atoms with Crippen molar-refractivity contribution >= 4 is 15.9 Å². The van der Waals surface area contributed by atoms with Gasteiger partial charge in [0.05, 0.1) is 0 Å². The van der Waals surface area contributed by atoms with Gasteiger partial charge in [0.1, 0.15) is 6.33 Å². The van der Waals surface area contributed by atoms with Crippen molar-refractivity contribution < 1.29 is 0 Å². The zero-order chi connectivity index (χ0) is 10.8. The minimum atomic E-state index is 0.369. The largest absolute Gasteiger partial charge is 0.311 e. The minimum absolute atomic E-state index is 0.369. The molecule has 0 spiro atoms. The Labute approximate surface area is 97.3 Å². The summed E-state index contributed by atoms with van der Waals surface area (Å²) < 4.78 is 3.11. The lowest BCUT2D eigenvalue weighted by atomic mass is 10.2. The van der Waals surface area contributed by atoms with Crippen LogP contribution in [-0.2, 0) is 0 Å². The van der Waals surface area contributed by atoms with Crippen LogP contribution in [0.2, 0.25) is 0 Å². The van der Waals surface area contributed by atoms with E-state index in [0.29, 0.717) is 6.04 Å². The van der Waals surface area contributed by atoms with Crippen molar-refractivity contribution in [1.29, 1.82) is 0 Å². The van der Waals surface area contributed by atoms with E-state index in [1.165, 1.54) is 0 Å². The zero-order valence-corrected chi connectivity index (χ0v) is 10.3. The van der Waals surface area contributed by atoms with E-state index < -0.39 is 0 Å². The summed E-state index contributed by atoms with van der Waals surface area (Å²) in [4.78, 5) is 0. The standard InChI is InChI=1S/C11H12BrN3/c1-8(2)15-7-13-14-11(15)9-4-3-5-10(12)6-9/h3-8H,1-2H3. The van der Waals surface area contributed by atoms with E-state index in [-0.39, 0.29) is 0 Å². The first-order chi connectivity index (χ1) is 7.18. The summed E-state index contributed by atoms with van der Waals surface area (Å²) >= 11 is 3.45. The number of hydrogen-bond donors (Lipinski definition) is 0. The Morgan fingerprint density at radius 3 is 2.80 bits per heavy atom. The van der Waals surface area contributed by atoms with Crippen LogP contribution in [0.1, 0.15) is 19.9 Å². The average Bonchev–Trinajstić information content (AvgIpc) is 2.65. The molecule has 1 aromatic heterocycles. The molecular formula is C11H12BrN3. The molecular weight excluding hydrogens is 254 g/mol. The summed E-state index contributed by atoms with van der Waals surface area (Å²) in [7, 11) is 0. The summed E-state index contributed by atoms with van der Waals surface area (Å²) in [5.41, 5.74) is 1.08. The van der Waals surface area contributed by atoms with Gasteiger partial charge in [0.2, 0.25) is 0 Å². The summed E-state index contributed by atoms with van der Waals surface area (Å²) in [6.45, 7) is 4.23. The SMILES string of the molecule is CC(C)n1cnnc1-c1cccc(Br)c1. The van der Waals surface area contributed by atoms with Gasteiger partial charge >= 0.3 is 0 Å². The van der Waals surface area contributed by atoms with Crippen molar-refractivity contribution in [1.82, 2.24) is 14.8 Å². The maximum Gasteiger partial charge on any atom is 0.164 e. The van der Waals surface area contributed by atoms with Crippen molar-refractivity contribution in [3.05, 3.63) is 35.1 Å². The number of hydrogen-bond acceptors (Lipinski definition) is 2. The number of nitrogens with zero attached hydrogens (tertiary/aromatic N) is 3. The Morgan fingerprint density at radius 1 is 1.33 bits per heavy atom. The lowest BCUT2D eigenvalue weighted by Gasteiger charge is -2.09. The van der Waals surface area contributed by atoms with Crippen molar-refractivity contribution in [3.63, 3.8) is 0 Å². The monoisotopic (exact) mass is 265 g/mol. The van der Waals surface area contributed by atoms with Crippen LogP contribution in [-0.4, -0.2) is 14.8 Å². The first-order valence-corrected chi connectivity index (χ1v) is 5.63. The number of aromatic nitrogens is 3. The summed E-state index contributed by atoms with van der Waals surface area (Å²) in [5.74, 6) is 0.909. The van der Waals surface area contributed by atoms with E-state index >= 15 is 0 Å². The highest BCUT2D eigenvalue weighted by Gasteiger charge is 2.09. The second kappa shape index (κ2) is 4.14. The molecule has 0 saturated carbocycles. The number of halogens is 1. The molecule has 0 radical (unpaired) electrons. The molecule has 0 aliphatic carbocycles. The molecule has 2 aromatic rings. The highest BCUT2D eigenvalue weighted by atomic mass is 79.9. The molecule has 0 bridgehead atoms. The number of benzene rings is 1. The smallest absolute Gasteiger partial charge is 0.164 e. The molecule has 78 valence electrons. The Kier molecular flexibility index (Phi) is 2.86. The first kappa shape index (κ1) is 10.4. The summed E-state index contributed by atoms with van der Waals surface area (Å²) in [6, 6.07) is 8.45. The van der Waals surface area contributed by atoms with E-state index in [0.717, 1.165) is 15.9 Å². The fraction of sp³-hybridized carbons (Fsp3) is 0.273. The van der Waals surface area contributed by atoms with Gasteiger partial charge in [-0.1, -0.05) is 28.1 Å². The van der Waals surface area contributed by atoms with Crippen LogP contribution in [0.15, 0.2) is 35.1 Å². The van der Waals surface area contributed by atoms with Crippen molar-refractivity contribution in [2.75, 3.05) is 0 Å². The molecule has 1 heterocycles. The highest BCUT2D eigenvalue weighted by molar-refractivity contribution is 9.10. The third-order valence-corrected chi connectivity index (χ3v) is 2.71. The molecule has 4 heteroatoms. The van der Waals surface area contributed by atoms with Crippen molar-refractivity contribution in [2.45, 2.75) is 19.9 Å². The Morgan fingerprint density at radius 2 is 2.13 bits per heavy atom. The van der Waals surface area contributed by atoms with E-state index in [2.05, 4.69) is 44.5 Å². The molecule has 0 fully saturated rings. The molecule has 2 rings (SSSR count). The van der Waals surface area contributed by atoms with Crippen LogP contribution in [0.5, 0.6) is 0 Å².